The molecule has 0 bridgehead atoms. The predicted molar refractivity (Wildman–Crippen MR) is 66.4 cm³/mol. The van der Waals surface area contributed by atoms with E-state index < -0.39 is 11.6 Å². The molecule has 2 rings (SSSR count). The van der Waals surface area contributed by atoms with Crippen LogP contribution < -0.4 is 5.32 Å². The molecule has 1 heterocycles. The molecule has 1 saturated heterocycles. The molecule has 18 heavy (non-hydrogen) atoms. The maximum absolute atomic E-state index is 13.1. The van der Waals surface area contributed by atoms with Gasteiger partial charge < -0.3 is 10.1 Å². The first kappa shape index (κ1) is 13.4. The third-order valence-corrected chi connectivity index (χ3v) is 3.53. The van der Waals surface area contributed by atoms with Crippen LogP contribution >= 0.6 is 0 Å². The van der Waals surface area contributed by atoms with Crippen molar-refractivity contribution < 1.29 is 13.5 Å². The molecule has 1 aliphatic rings. The summed E-state index contributed by atoms with van der Waals surface area (Å²) in [7, 11) is 0. The lowest BCUT2D eigenvalue weighted by molar-refractivity contribution is 0.0191. The Labute approximate surface area is 106 Å². The van der Waals surface area contributed by atoms with Gasteiger partial charge >= 0.3 is 0 Å². The highest BCUT2D eigenvalue weighted by molar-refractivity contribution is 5.20. The molecule has 4 heteroatoms. The number of nitrogens with one attached hydrogen (secondary N) is 1. The van der Waals surface area contributed by atoms with Crippen molar-refractivity contribution >= 4 is 0 Å². The van der Waals surface area contributed by atoms with Gasteiger partial charge in [0, 0.05) is 19.2 Å². The predicted octanol–water partition coefficient (Wildman–Crippen LogP) is 3.18. The van der Waals surface area contributed by atoms with Crippen molar-refractivity contribution in [1.82, 2.24) is 5.32 Å². The van der Waals surface area contributed by atoms with Gasteiger partial charge in [-0.05, 0) is 44.4 Å². The van der Waals surface area contributed by atoms with E-state index in [-0.39, 0.29) is 11.6 Å². The van der Waals surface area contributed by atoms with E-state index in [9.17, 15) is 8.78 Å². The topological polar surface area (TPSA) is 21.3 Å². The summed E-state index contributed by atoms with van der Waals surface area (Å²) < 4.78 is 31.6. The Bertz CT molecular complexity index is 416. The molecule has 0 aromatic heterocycles. The smallest absolute Gasteiger partial charge is 0.159 e. The summed E-state index contributed by atoms with van der Waals surface area (Å²) in [4.78, 5) is 0. The molecule has 1 aromatic carbocycles. The van der Waals surface area contributed by atoms with Crippen molar-refractivity contribution in [3.8, 4) is 0 Å². The Kier molecular flexibility index (Phi) is 3.97. The summed E-state index contributed by atoms with van der Waals surface area (Å²) in [5.74, 6) is -1.61. The van der Waals surface area contributed by atoms with E-state index in [0.29, 0.717) is 6.54 Å². The first-order valence-corrected chi connectivity index (χ1v) is 6.32. The van der Waals surface area contributed by atoms with Gasteiger partial charge in [0.2, 0.25) is 0 Å². The maximum atomic E-state index is 13.1. The Morgan fingerprint density at radius 2 is 2.17 bits per heavy atom. The molecule has 0 spiro atoms. The summed E-state index contributed by atoms with van der Waals surface area (Å²) in [6.45, 7) is 5.53. The molecular weight excluding hydrogens is 236 g/mol. The van der Waals surface area contributed by atoms with Gasteiger partial charge in [0.15, 0.2) is 11.6 Å². The minimum atomic E-state index is -0.808. The SMILES string of the molecule is CC(NCC1(C)CCCO1)c1ccc(F)c(F)c1. The van der Waals surface area contributed by atoms with Crippen LogP contribution in [0.3, 0.4) is 0 Å². The average molecular weight is 255 g/mol. The quantitative estimate of drug-likeness (QED) is 0.892. The van der Waals surface area contributed by atoms with Crippen LogP contribution in [0, 0.1) is 11.6 Å². The number of benzene rings is 1. The zero-order valence-electron chi connectivity index (χ0n) is 10.8. The number of rotatable bonds is 4. The molecule has 1 N–H and O–H groups in total. The lowest BCUT2D eigenvalue weighted by atomic mass is 10.0. The Morgan fingerprint density at radius 1 is 1.39 bits per heavy atom. The maximum Gasteiger partial charge on any atom is 0.159 e. The third kappa shape index (κ3) is 3.06. The van der Waals surface area contributed by atoms with Crippen molar-refractivity contribution in [3.05, 3.63) is 35.4 Å². The second kappa shape index (κ2) is 5.33. The van der Waals surface area contributed by atoms with Crippen LogP contribution in [0.4, 0.5) is 8.78 Å². The number of ether oxygens (including phenoxy) is 1. The Morgan fingerprint density at radius 3 is 2.78 bits per heavy atom. The second-order valence-electron chi connectivity index (χ2n) is 5.18. The molecule has 1 aliphatic heterocycles. The van der Waals surface area contributed by atoms with Crippen molar-refractivity contribution in [3.63, 3.8) is 0 Å². The van der Waals surface area contributed by atoms with Gasteiger partial charge in [0.1, 0.15) is 0 Å². The van der Waals surface area contributed by atoms with Crippen LogP contribution in [-0.4, -0.2) is 18.8 Å². The zero-order chi connectivity index (χ0) is 13.2. The van der Waals surface area contributed by atoms with Gasteiger partial charge in [-0.15, -0.1) is 0 Å². The van der Waals surface area contributed by atoms with Crippen molar-refractivity contribution in [1.29, 1.82) is 0 Å². The van der Waals surface area contributed by atoms with E-state index in [2.05, 4.69) is 12.2 Å². The molecule has 100 valence electrons. The standard InChI is InChI=1S/C14H19F2NO/c1-10(11-4-5-12(15)13(16)8-11)17-9-14(2)6-3-7-18-14/h4-5,8,10,17H,3,6-7,9H2,1-2H3. The molecule has 0 saturated carbocycles. The Balaban J connectivity index is 1.94. The summed E-state index contributed by atoms with van der Waals surface area (Å²) >= 11 is 0. The van der Waals surface area contributed by atoms with Crippen LogP contribution in [0.2, 0.25) is 0 Å². The molecule has 0 radical (unpaired) electrons. The lowest BCUT2D eigenvalue weighted by Gasteiger charge is -2.26. The van der Waals surface area contributed by atoms with Crippen molar-refractivity contribution in [2.45, 2.75) is 38.3 Å². The number of hydrogen-bond acceptors (Lipinski definition) is 2. The molecule has 0 aliphatic carbocycles. The van der Waals surface area contributed by atoms with Crippen LogP contribution in [0.25, 0.3) is 0 Å². The average Bonchev–Trinajstić information content (AvgIpc) is 2.77. The zero-order valence-corrected chi connectivity index (χ0v) is 10.8. The van der Waals surface area contributed by atoms with Gasteiger partial charge in [0.25, 0.3) is 0 Å². The second-order valence-corrected chi connectivity index (χ2v) is 5.18. The van der Waals surface area contributed by atoms with Crippen molar-refractivity contribution in [2.75, 3.05) is 13.2 Å². The highest BCUT2D eigenvalue weighted by Crippen LogP contribution is 2.25. The minimum Gasteiger partial charge on any atom is -0.374 e. The van der Waals surface area contributed by atoms with Gasteiger partial charge in [-0.2, -0.15) is 0 Å². The van der Waals surface area contributed by atoms with Crippen LogP contribution in [0.5, 0.6) is 0 Å². The molecular formula is C14H19F2NO. The highest BCUT2D eigenvalue weighted by atomic mass is 19.2. The number of hydrogen-bond donors (Lipinski definition) is 1. The highest BCUT2D eigenvalue weighted by Gasteiger charge is 2.29. The van der Waals surface area contributed by atoms with E-state index in [1.165, 1.54) is 6.07 Å². The summed E-state index contributed by atoms with van der Waals surface area (Å²) in [6.07, 6.45) is 2.11. The third-order valence-electron chi connectivity index (χ3n) is 3.53. The monoisotopic (exact) mass is 255 g/mol. The van der Waals surface area contributed by atoms with Crippen LogP contribution in [-0.2, 0) is 4.74 Å². The first-order chi connectivity index (χ1) is 8.50. The fraction of sp³-hybridized carbons (Fsp3) is 0.571. The van der Waals surface area contributed by atoms with Crippen LogP contribution in [0.15, 0.2) is 18.2 Å². The van der Waals surface area contributed by atoms with E-state index in [1.807, 2.05) is 6.92 Å². The lowest BCUT2D eigenvalue weighted by Crippen LogP contribution is -2.38. The normalized spacial score (nSPS) is 25.3. The van der Waals surface area contributed by atoms with Gasteiger partial charge in [-0.3, -0.25) is 0 Å². The summed E-state index contributed by atoms with van der Waals surface area (Å²) in [5.41, 5.74) is 0.614. The van der Waals surface area contributed by atoms with Gasteiger partial charge in [0.05, 0.1) is 5.60 Å². The minimum absolute atomic E-state index is 0.0267. The van der Waals surface area contributed by atoms with Crippen LogP contribution in [0.1, 0.15) is 38.3 Å². The first-order valence-electron chi connectivity index (χ1n) is 6.32. The molecule has 2 atom stereocenters. The molecule has 2 nitrogen and oxygen atoms in total. The molecule has 1 aromatic rings. The number of halogens is 2. The van der Waals surface area contributed by atoms with E-state index in [4.69, 9.17) is 4.74 Å². The fourth-order valence-corrected chi connectivity index (χ4v) is 2.24. The summed E-state index contributed by atoms with van der Waals surface area (Å²) in [6, 6.07) is 3.98. The molecule has 0 amide bonds. The van der Waals surface area contributed by atoms with Gasteiger partial charge in [-0.1, -0.05) is 6.07 Å². The van der Waals surface area contributed by atoms with Crippen molar-refractivity contribution in [2.24, 2.45) is 0 Å². The van der Waals surface area contributed by atoms with Gasteiger partial charge in [-0.25, -0.2) is 8.78 Å². The largest absolute Gasteiger partial charge is 0.374 e. The summed E-state index contributed by atoms with van der Waals surface area (Å²) in [5, 5.41) is 3.31. The van der Waals surface area contributed by atoms with E-state index >= 15 is 0 Å². The Hall–Kier alpha value is -1.00. The fourth-order valence-electron chi connectivity index (χ4n) is 2.24. The molecule has 2 unspecified atom stereocenters. The van der Waals surface area contributed by atoms with E-state index in [1.54, 1.807) is 6.07 Å². The molecule has 1 fully saturated rings. The van der Waals surface area contributed by atoms with E-state index in [0.717, 1.165) is 31.1 Å².